The Morgan fingerprint density at radius 2 is 2.05 bits per heavy atom. The van der Waals surface area contributed by atoms with Gasteiger partial charge in [0.15, 0.2) is 0 Å². The molecule has 0 saturated heterocycles. The van der Waals surface area contributed by atoms with Crippen molar-refractivity contribution in [3.05, 3.63) is 11.6 Å². The third kappa shape index (κ3) is 5.69. The molecule has 1 aliphatic carbocycles. The number of hydrogen-bond donors (Lipinski definition) is 1. The van der Waals surface area contributed by atoms with Gasteiger partial charge in [-0.2, -0.15) is 0 Å². The predicted molar refractivity (Wildman–Crippen MR) is 84.4 cm³/mol. The first kappa shape index (κ1) is 18.0. The first-order valence-electron chi connectivity index (χ1n) is 7.15. The fraction of sp³-hybridized carbons (Fsp3) is 0.733. The molecule has 120 valence electrons. The number of rotatable bonds is 3. The van der Waals surface area contributed by atoms with Gasteiger partial charge in [-0.05, 0) is 33.6 Å². The highest BCUT2D eigenvalue weighted by molar-refractivity contribution is 9.09. The molecule has 6 heteroatoms. The standard InChI is InChI=1S/C15H24BrNO4/c1-6-20-13(18)10-7-9(2)12(16)11(8-10)17-14(19)21-15(3,4)5/h7,9,11-12H,6,8H2,1-5H3,(H,17,19)/t9-,11-,12+/m0/s1. The summed E-state index contributed by atoms with van der Waals surface area (Å²) in [6, 6.07) is -0.209. The van der Waals surface area contributed by atoms with Gasteiger partial charge in [0.05, 0.1) is 6.61 Å². The summed E-state index contributed by atoms with van der Waals surface area (Å²) in [5, 5.41) is 2.83. The number of allylic oxidation sites excluding steroid dienone is 1. The number of amides is 1. The van der Waals surface area contributed by atoms with Crippen molar-refractivity contribution in [1.29, 1.82) is 0 Å². The molecule has 0 aromatic carbocycles. The van der Waals surface area contributed by atoms with E-state index < -0.39 is 11.7 Å². The summed E-state index contributed by atoms with van der Waals surface area (Å²) in [6.45, 7) is 9.53. The molecule has 0 bridgehead atoms. The van der Waals surface area contributed by atoms with Gasteiger partial charge in [-0.25, -0.2) is 9.59 Å². The van der Waals surface area contributed by atoms with Crippen molar-refractivity contribution in [3.63, 3.8) is 0 Å². The number of alkyl carbamates (subject to hydrolysis) is 1. The Morgan fingerprint density at radius 3 is 2.57 bits per heavy atom. The Hall–Kier alpha value is -1.04. The van der Waals surface area contributed by atoms with Crippen LogP contribution in [0.2, 0.25) is 0 Å². The number of alkyl halides is 1. The number of carbonyl (C=O) groups excluding carboxylic acids is 2. The second-order valence-corrected chi connectivity index (χ2v) is 7.23. The van der Waals surface area contributed by atoms with Crippen LogP contribution in [-0.4, -0.2) is 35.1 Å². The maximum atomic E-state index is 11.9. The maximum absolute atomic E-state index is 11.9. The lowest BCUT2D eigenvalue weighted by atomic mass is 9.87. The van der Waals surface area contributed by atoms with Gasteiger partial charge in [-0.3, -0.25) is 0 Å². The van der Waals surface area contributed by atoms with E-state index in [2.05, 4.69) is 21.2 Å². The summed E-state index contributed by atoms with van der Waals surface area (Å²) in [5.74, 6) is -0.210. The minimum absolute atomic E-state index is 0.0446. The quantitative estimate of drug-likeness (QED) is 0.619. The van der Waals surface area contributed by atoms with Crippen LogP contribution in [0.1, 0.15) is 41.0 Å². The molecule has 1 rings (SSSR count). The zero-order chi connectivity index (χ0) is 16.2. The second-order valence-electron chi connectivity index (χ2n) is 6.17. The van der Waals surface area contributed by atoms with Crippen molar-refractivity contribution < 1.29 is 19.1 Å². The summed E-state index contributed by atoms with van der Waals surface area (Å²) in [7, 11) is 0. The average molecular weight is 362 g/mol. The Morgan fingerprint density at radius 1 is 1.43 bits per heavy atom. The van der Waals surface area contributed by atoms with Gasteiger partial charge in [0.2, 0.25) is 0 Å². The zero-order valence-electron chi connectivity index (χ0n) is 13.2. The molecule has 3 atom stereocenters. The Kier molecular flexibility index (Phi) is 6.25. The molecule has 0 aromatic rings. The smallest absolute Gasteiger partial charge is 0.407 e. The molecule has 0 heterocycles. The maximum Gasteiger partial charge on any atom is 0.407 e. The highest BCUT2D eigenvalue weighted by Crippen LogP contribution is 2.30. The number of halogens is 1. The van der Waals surface area contributed by atoms with Crippen LogP contribution in [-0.2, 0) is 14.3 Å². The van der Waals surface area contributed by atoms with E-state index in [9.17, 15) is 9.59 Å². The summed E-state index contributed by atoms with van der Waals surface area (Å²) in [5.41, 5.74) is 0.0486. The van der Waals surface area contributed by atoms with E-state index in [-0.39, 0.29) is 22.8 Å². The van der Waals surface area contributed by atoms with Crippen LogP contribution in [0.3, 0.4) is 0 Å². The lowest BCUT2D eigenvalue weighted by Gasteiger charge is -2.32. The van der Waals surface area contributed by atoms with Gasteiger partial charge < -0.3 is 14.8 Å². The molecule has 0 spiro atoms. The minimum atomic E-state index is -0.550. The van der Waals surface area contributed by atoms with Gasteiger partial charge in [-0.1, -0.05) is 28.9 Å². The topological polar surface area (TPSA) is 64.6 Å². The molecular formula is C15H24BrNO4. The Balaban J connectivity index is 2.73. The molecule has 0 fully saturated rings. The average Bonchev–Trinajstić information content (AvgIpc) is 2.32. The van der Waals surface area contributed by atoms with Crippen LogP contribution in [0, 0.1) is 5.92 Å². The monoisotopic (exact) mass is 361 g/mol. The summed E-state index contributed by atoms with van der Waals surface area (Å²) in [6.07, 6.45) is 1.84. The SMILES string of the molecule is CCOC(=O)C1=C[C@H](C)[C@@H](Br)[C@@H](NC(=O)OC(C)(C)C)C1. The van der Waals surface area contributed by atoms with Crippen molar-refractivity contribution in [2.24, 2.45) is 5.92 Å². The van der Waals surface area contributed by atoms with E-state index in [1.807, 2.05) is 33.8 Å². The second kappa shape index (κ2) is 7.29. The first-order chi connectivity index (χ1) is 9.64. The molecule has 0 unspecified atom stereocenters. The van der Waals surface area contributed by atoms with Crippen LogP contribution in [0.5, 0.6) is 0 Å². The van der Waals surface area contributed by atoms with Crippen LogP contribution < -0.4 is 5.32 Å². The van der Waals surface area contributed by atoms with Gasteiger partial charge in [0, 0.05) is 22.9 Å². The fourth-order valence-corrected chi connectivity index (χ4v) is 2.63. The summed E-state index contributed by atoms with van der Waals surface area (Å²) >= 11 is 3.58. The van der Waals surface area contributed by atoms with Crippen molar-refractivity contribution >= 4 is 28.0 Å². The molecule has 0 aromatic heterocycles. The van der Waals surface area contributed by atoms with E-state index in [1.54, 1.807) is 6.92 Å². The third-order valence-corrected chi connectivity index (χ3v) is 4.50. The lowest BCUT2D eigenvalue weighted by molar-refractivity contribution is -0.138. The van der Waals surface area contributed by atoms with Gasteiger partial charge in [-0.15, -0.1) is 0 Å². The molecule has 5 nitrogen and oxygen atoms in total. The molecule has 21 heavy (non-hydrogen) atoms. The van der Waals surface area contributed by atoms with Gasteiger partial charge in [0.1, 0.15) is 5.60 Å². The largest absolute Gasteiger partial charge is 0.463 e. The van der Waals surface area contributed by atoms with E-state index in [0.717, 1.165) is 0 Å². The number of nitrogens with one attached hydrogen (secondary N) is 1. The molecule has 1 amide bonds. The number of esters is 1. The van der Waals surface area contributed by atoms with Gasteiger partial charge >= 0.3 is 12.1 Å². The highest BCUT2D eigenvalue weighted by atomic mass is 79.9. The molecule has 0 radical (unpaired) electrons. The highest BCUT2D eigenvalue weighted by Gasteiger charge is 2.33. The van der Waals surface area contributed by atoms with Crippen LogP contribution >= 0.6 is 15.9 Å². The van der Waals surface area contributed by atoms with Crippen molar-refractivity contribution in [2.75, 3.05) is 6.61 Å². The Labute approximate surface area is 134 Å². The minimum Gasteiger partial charge on any atom is -0.463 e. The molecule has 1 aliphatic rings. The van der Waals surface area contributed by atoms with E-state index >= 15 is 0 Å². The number of ether oxygens (including phenoxy) is 2. The van der Waals surface area contributed by atoms with Crippen molar-refractivity contribution in [2.45, 2.75) is 57.5 Å². The predicted octanol–water partition coefficient (Wildman–Crippen LogP) is 3.17. The van der Waals surface area contributed by atoms with E-state index in [0.29, 0.717) is 18.6 Å². The number of hydrogen-bond acceptors (Lipinski definition) is 4. The Bertz CT molecular complexity index is 428. The van der Waals surface area contributed by atoms with Crippen molar-refractivity contribution in [1.82, 2.24) is 5.32 Å². The van der Waals surface area contributed by atoms with E-state index in [4.69, 9.17) is 9.47 Å². The van der Waals surface area contributed by atoms with Crippen molar-refractivity contribution in [3.8, 4) is 0 Å². The summed E-state index contributed by atoms with van der Waals surface area (Å²) < 4.78 is 10.3. The van der Waals surface area contributed by atoms with Crippen LogP contribution in [0.4, 0.5) is 4.79 Å². The third-order valence-electron chi connectivity index (χ3n) is 3.03. The molecule has 1 N–H and O–H groups in total. The van der Waals surface area contributed by atoms with Gasteiger partial charge in [0.25, 0.3) is 0 Å². The van der Waals surface area contributed by atoms with Crippen LogP contribution in [0.15, 0.2) is 11.6 Å². The summed E-state index contributed by atoms with van der Waals surface area (Å²) in [4.78, 5) is 23.8. The fourth-order valence-electron chi connectivity index (χ4n) is 2.16. The molecular weight excluding hydrogens is 338 g/mol. The first-order valence-corrected chi connectivity index (χ1v) is 8.07. The number of carbonyl (C=O) groups is 2. The normalized spacial score (nSPS) is 25.8. The zero-order valence-corrected chi connectivity index (χ0v) is 14.8. The molecule has 0 saturated carbocycles. The molecule has 0 aliphatic heterocycles. The lowest BCUT2D eigenvalue weighted by Crippen LogP contribution is -2.47. The van der Waals surface area contributed by atoms with E-state index in [1.165, 1.54) is 0 Å². The van der Waals surface area contributed by atoms with Crippen LogP contribution in [0.25, 0.3) is 0 Å².